The zero-order valence-corrected chi connectivity index (χ0v) is 13.0. The van der Waals surface area contributed by atoms with Crippen LogP contribution in [0.25, 0.3) is 0 Å². The summed E-state index contributed by atoms with van der Waals surface area (Å²) in [7, 11) is 3.44. The van der Waals surface area contributed by atoms with Crippen LogP contribution >= 0.6 is 0 Å². The molecule has 116 valence electrons. The van der Waals surface area contributed by atoms with Crippen LogP contribution in [-0.4, -0.2) is 60.1 Å². The van der Waals surface area contributed by atoms with Crippen LogP contribution in [0.3, 0.4) is 0 Å². The van der Waals surface area contributed by atoms with Crippen LogP contribution in [0, 0.1) is 0 Å². The van der Waals surface area contributed by atoms with Crippen LogP contribution in [0.1, 0.15) is 19.9 Å². The fourth-order valence-electron chi connectivity index (χ4n) is 2.49. The minimum Gasteiger partial charge on any atom is -0.347 e. The molecule has 2 rings (SSSR count). The van der Waals surface area contributed by atoms with Crippen LogP contribution < -0.4 is 15.8 Å². The van der Waals surface area contributed by atoms with Crippen molar-refractivity contribution in [3.8, 4) is 0 Å². The number of aromatic nitrogens is 2. The van der Waals surface area contributed by atoms with Gasteiger partial charge >= 0.3 is 0 Å². The van der Waals surface area contributed by atoms with E-state index in [1.807, 2.05) is 18.7 Å². The number of carbonyl (C=O) groups is 1. The van der Waals surface area contributed by atoms with Gasteiger partial charge in [0.1, 0.15) is 6.04 Å². The lowest BCUT2D eigenvalue weighted by atomic mass is 10.1. The normalized spacial score (nSPS) is 18.9. The molecule has 1 amide bonds. The second kappa shape index (κ2) is 6.26. The van der Waals surface area contributed by atoms with Gasteiger partial charge in [0.05, 0.1) is 0 Å². The van der Waals surface area contributed by atoms with E-state index in [0.29, 0.717) is 18.9 Å². The first kappa shape index (κ1) is 15.5. The number of rotatable bonds is 3. The SMILES string of the molecule is CC(C)n1ccnc(N2CCNCC2C(=O)N(C)C)c1=O. The summed E-state index contributed by atoms with van der Waals surface area (Å²) in [5.74, 6) is 0.330. The van der Waals surface area contributed by atoms with Gasteiger partial charge in [-0.25, -0.2) is 4.98 Å². The Balaban J connectivity index is 2.41. The van der Waals surface area contributed by atoms with Crippen molar-refractivity contribution in [1.82, 2.24) is 19.8 Å². The first-order valence-corrected chi connectivity index (χ1v) is 7.19. The van der Waals surface area contributed by atoms with Crippen molar-refractivity contribution in [2.75, 3.05) is 38.6 Å². The summed E-state index contributed by atoms with van der Waals surface area (Å²) in [5.41, 5.74) is -0.147. The Bertz CT molecular complexity index is 567. The lowest BCUT2D eigenvalue weighted by Gasteiger charge is -2.36. The zero-order chi connectivity index (χ0) is 15.6. The maximum Gasteiger partial charge on any atom is 0.293 e. The minimum absolute atomic E-state index is 0.0247. The average Bonchev–Trinajstić information content (AvgIpc) is 2.46. The number of carbonyl (C=O) groups excluding carboxylic acids is 1. The van der Waals surface area contributed by atoms with E-state index in [2.05, 4.69) is 10.3 Å². The lowest BCUT2D eigenvalue weighted by Crippen LogP contribution is -2.59. The second-order valence-corrected chi connectivity index (χ2v) is 5.70. The Hall–Kier alpha value is -1.89. The van der Waals surface area contributed by atoms with E-state index in [9.17, 15) is 9.59 Å². The first-order valence-electron chi connectivity index (χ1n) is 7.19. The van der Waals surface area contributed by atoms with Crippen molar-refractivity contribution in [3.63, 3.8) is 0 Å². The molecule has 0 aromatic carbocycles. The van der Waals surface area contributed by atoms with E-state index >= 15 is 0 Å². The molecular formula is C14H23N5O2. The molecule has 1 N–H and O–H groups in total. The Kier molecular flexibility index (Phi) is 4.62. The van der Waals surface area contributed by atoms with E-state index in [1.165, 1.54) is 0 Å². The summed E-state index contributed by atoms with van der Waals surface area (Å²) in [4.78, 5) is 32.5. The number of anilines is 1. The molecular weight excluding hydrogens is 270 g/mol. The maximum atomic E-state index is 12.6. The molecule has 21 heavy (non-hydrogen) atoms. The molecule has 0 bridgehead atoms. The Morgan fingerprint density at radius 3 is 2.81 bits per heavy atom. The van der Waals surface area contributed by atoms with Crippen molar-refractivity contribution in [2.24, 2.45) is 0 Å². The predicted molar refractivity (Wildman–Crippen MR) is 81.6 cm³/mol. The van der Waals surface area contributed by atoms with Gasteiger partial charge in [-0.05, 0) is 13.8 Å². The van der Waals surface area contributed by atoms with Gasteiger partial charge in [0.25, 0.3) is 5.56 Å². The highest BCUT2D eigenvalue weighted by atomic mass is 16.2. The van der Waals surface area contributed by atoms with E-state index in [1.54, 1.807) is 36.0 Å². The van der Waals surface area contributed by atoms with Crippen molar-refractivity contribution < 1.29 is 4.79 Å². The number of piperazine rings is 1. The smallest absolute Gasteiger partial charge is 0.293 e. The monoisotopic (exact) mass is 293 g/mol. The van der Waals surface area contributed by atoms with Gasteiger partial charge in [-0.2, -0.15) is 0 Å². The van der Waals surface area contributed by atoms with Gasteiger partial charge < -0.3 is 19.7 Å². The molecule has 1 aliphatic heterocycles. The summed E-state index contributed by atoms with van der Waals surface area (Å²) in [6.07, 6.45) is 3.30. The molecule has 0 aliphatic carbocycles. The van der Waals surface area contributed by atoms with E-state index in [4.69, 9.17) is 0 Å². The van der Waals surface area contributed by atoms with E-state index < -0.39 is 6.04 Å². The highest BCUT2D eigenvalue weighted by Crippen LogP contribution is 2.13. The summed E-state index contributed by atoms with van der Waals surface area (Å²) < 4.78 is 1.64. The van der Waals surface area contributed by atoms with Crippen molar-refractivity contribution in [3.05, 3.63) is 22.7 Å². The Labute approximate surface area is 124 Å². The summed E-state index contributed by atoms with van der Waals surface area (Å²) >= 11 is 0. The van der Waals surface area contributed by atoms with E-state index in [0.717, 1.165) is 6.54 Å². The third kappa shape index (κ3) is 3.07. The van der Waals surface area contributed by atoms with Crippen LogP contribution in [0.15, 0.2) is 17.2 Å². The fourth-order valence-corrected chi connectivity index (χ4v) is 2.49. The molecule has 0 spiro atoms. The molecule has 0 saturated carbocycles. The van der Waals surface area contributed by atoms with Crippen LogP contribution in [0.4, 0.5) is 5.82 Å². The number of amides is 1. The van der Waals surface area contributed by atoms with Crippen molar-refractivity contribution >= 4 is 11.7 Å². The molecule has 1 saturated heterocycles. The number of hydrogen-bond donors (Lipinski definition) is 1. The predicted octanol–water partition coefficient (Wildman–Crippen LogP) is -0.309. The number of hydrogen-bond acceptors (Lipinski definition) is 5. The standard InChI is InChI=1S/C14H23N5O2/c1-10(2)18-8-6-16-12(14(18)21)19-7-5-15-9-11(19)13(20)17(3)4/h6,8,10-11,15H,5,7,9H2,1-4H3. The summed E-state index contributed by atoms with van der Waals surface area (Å²) in [5, 5.41) is 3.20. The Morgan fingerprint density at radius 2 is 2.19 bits per heavy atom. The van der Waals surface area contributed by atoms with Crippen molar-refractivity contribution in [1.29, 1.82) is 0 Å². The molecule has 1 aliphatic rings. The largest absolute Gasteiger partial charge is 0.347 e. The zero-order valence-electron chi connectivity index (χ0n) is 13.0. The molecule has 7 nitrogen and oxygen atoms in total. The van der Waals surface area contributed by atoms with Crippen LogP contribution in [0.2, 0.25) is 0 Å². The molecule has 1 fully saturated rings. The average molecular weight is 293 g/mol. The number of nitrogens with zero attached hydrogens (tertiary/aromatic N) is 4. The second-order valence-electron chi connectivity index (χ2n) is 5.70. The van der Waals surface area contributed by atoms with Crippen LogP contribution in [0.5, 0.6) is 0 Å². The van der Waals surface area contributed by atoms with E-state index in [-0.39, 0.29) is 17.5 Å². The molecule has 1 aromatic heterocycles. The van der Waals surface area contributed by atoms with Gasteiger partial charge in [0, 0.05) is 52.2 Å². The third-order valence-electron chi connectivity index (χ3n) is 3.65. The molecule has 0 radical (unpaired) electrons. The number of nitrogens with one attached hydrogen (secondary N) is 1. The van der Waals surface area contributed by atoms with Gasteiger partial charge in [0.2, 0.25) is 5.91 Å². The molecule has 1 aromatic rings. The molecule has 2 heterocycles. The van der Waals surface area contributed by atoms with Gasteiger partial charge in [-0.3, -0.25) is 9.59 Å². The fraction of sp³-hybridized carbons (Fsp3) is 0.643. The summed E-state index contributed by atoms with van der Waals surface area (Å²) in [6, 6.07) is -0.331. The molecule has 7 heteroatoms. The minimum atomic E-state index is -0.392. The quantitative estimate of drug-likeness (QED) is 0.828. The first-order chi connectivity index (χ1) is 9.93. The molecule has 1 atom stereocenters. The van der Waals surface area contributed by atoms with Gasteiger partial charge in [-0.1, -0.05) is 0 Å². The maximum absolute atomic E-state index is 12.6. The highest BCUT2D eigenvalue weighted by molar-refractivity contribution is 5.85. The summed E-state index contributed by atoms with van der Waals surface area (Å²) in [6.45, 7) is 5.75. The van der Waals surface area contributed by atoms with Gasteiger partial charge in [-0.15, -0.1) is 0 Å². The third-order valence-corrected chi connectivity index (χ3v) is 3.65. The van der Waals surface area contributed by atoms with Gasteiger partial charge in [0.15, 0.2) is 5.82 Å². The Morgan fingerprint density at radius 1 is 1.48 bits per heavy atom. The molecule has 1 unspecified atom stereocenters. The lowest BCUT2D eigenvalue weighted by molar-refractivity contribution is -0.130. The number of likely N-dealkylation sites (N-methyl/N-ethyl adjacent to an activating group) is 1. The van der Waals surface area contributed by atoms with Crippen LogP contribution in [-0.2, 0) is 4.79 Å². The van der Waals surface area contributed by atoms with Crippen molar-refractivity contribution in [2.45, 2.75) is 25.9 Å². The topological polar surface area (TPSA) is 70.5 Å². The highest BCUT2D eigenvalue weighted by Gasteiger charge is 2.32.